The molecule has 0 aliphatic carbocycles. The van der Waals surface area contributed by atoms with Crippen LogP contribution in [0, 0.1) is 5.41 Å². The summed E-state index contributed by atoms with van der Waals surface area (Å²) in [6.07, 6.45) is 1.85. The average molecular weight is 294 g/mol. The summed E-state index contributed by atoms with van der Waals surface area (Å²) in [4.78, 5) is 8.64. The first-order valence-electron chi connectivity index (χ1n) is 6.95. The molecule has 110 valence electrons. The molecule has 2 rings (SSSR count). The van der Waals surface area contributed by atoms with Crippen LogP contribution in [0.1, 0.15) is 40.0 Å². The highest BCUT2D eigenvalue weighted by atomic mass is 32.1. The minimum Gasteiger partial charge on any atom is -0.339 e. The molecule has 2 heterocycles. The molecule has 20 heavy (non-hydrogen) atoms. The van der Waals surface area contributed by atoms with Crippen LogP contribution in [0.2, 0.25) is 0 Å². The lowest BCUT2D eigenvalue weighted by Crippen LogP contribution is -2.42. The summed E-state index contributed by atoms with van der Waals surface area (Å²) in [5.41, 5.74) is 2.69. The molecule has 0 amide bonds. The van der Waals surface area contributed by atoms with Crippen molar-refractivity contribution in [2.75, 3.05) is 6.54 Å². The SMILES string of the molecule is CCCNC(Cc1nc(-c2cscn2)no1)C(C)(C)C. The van der Waals surface area contributed by atoms with Gasteiger partial charge in [-0.25, -0.2) is 4.98 Å². The minimum atomic E-state index is 0.143. The molecule has 6 heteroatoms. The Morgan fingerprint density at radius 3 is 2.80 bits per heavy atom. The second-order valence-corrected chi connectivity index (χ2v) is 6.68. The lowest BCUT2D eigenvalue weighted by atomic mass is 9.84. The van der Waals surface area contributed by atoms with E-state index < -0.39 is 0 Å². The van der Waals surface area contributed by atoms with Crippen LogP contribution < -0.4 is 5.32 Å². The summed E-state index contributed by atoms with van der Waals surface area (Å²) in [7, 11) is 0. The first-order chi connectivity index (χ1) is 9.50. The predicted molar refractivity (Wildman–Crippen MR) is 80.6 cm³/mol. The van der Waals surface area contributed by atoms with Gasteiger partial charge in [-0.1, -0.05) is 32.9 Å². The zero-order valence-electron chi connectivity index (χ0n) is 12.5. The molecule has 0 radical (unpaired) electrons. The molecule has 0 aliphatic heterocycles. The number of aromatic nitrogens is 3. The molecular formula is C14H22N4OS. The van der Waals surface area contributed by atoms with E-state index in [1.807, 2.05) is 5.38 Å². The van der Waals surface area contributed by atoms with Crippen LogP contribution >= 0.6 is 11.3 Å². The molecule has 0 spiro atoms. The van der Waals surface area contributed by atoms with E-state index in [9.17, 15) is 0 Å². The van der Waals surface area contributed by atoms with Crippen LogP contribution in [-0.2, 0) is 6.42 Å². The third-order valence-electron chi connectivity index (χ3n) is 3.19. The molecule has 0 aromatic carbocycles. The summed E-state index contributed by atoms with van der Waals surface area (Å²) < 4.78 is 5.36. The highest BCUT2D eigenvalue weighted by molar-refractivity contribution is 7.07. The quantitative estimate of drug-likeness (QED) is 0.886. The third kappa shape index (κ3) is 3.86. The highest BCUT2D eigenvalue weighted by Crippen LogP contribution is 2.23. The van der Waals surface area contributed by atoms with Gasteiger partial charge in [0.05, 0.1) is 5.51 Å². The van der Waals surface area contributed by atoms with Gasteiger partial charge in [-0.05, 0) is 18.4 Å². The number of thiazole rings is 1. The maximum absolute atomic E-state index is 5.36. The van der Waals surface area contributed by atoms with Crippen molar-refractivity contribution in [1.29, 1.82) is 0 Å². The lowest BCUT2D eigenvalue weighted by molar-refractivity contribution is 0.244. The number of rotatable bonds is 6. The zero-order chi connectivity index (χ0) is 14.6. The fourth-order valence-electron chi connectivity index (χ4n) is 1.94. The predicted octanol–water partition coefficient (Wildman–Crippen LogP) is 3.15. The zero-order valence-corrected chi connectivity index (χ0v) is 13.3. The van der Waals surface area contributed by atoms with Crippen molar-refractivity contribution in [3.63, 3.8) is 0 Å². The Morgan fingerprint density at radius 1 is 1.40 bits per heavy atom. The van der Waals surface area contributed by atoms with E-state index in [1.165, 1.54) is 11.3 Å². The summed E-state index contributed by atoms with van der Waals surface area (Å²) in [5, 5.41) is 9.49. The summed E-state index contributed by atoms with van der Waals surface area (Å²) in [6, 6.07) is 0.311. The summed E-state index contributed by atoms with van der Waals surface area (Å²) in [6.45, 7) is 9.82. The van der Waals surface area contributed by atoms with E-state index in [0.29, 0.717) is 17.8 Å². The summed E-state index contributed by atoms with van der Waals surface area (Å²) in [5.74, 6) is 1.24. The van der Waals surface area contributed by atoms with Gasteiger partial charge in [0, 0.05) is 17.8 Å². The Morgan fingerprint density at radius 2 is 2.20 bits per heavy atom. The first kappa shape index (κ1) is 15.1. The van der Waals surface area contributed by atoms with Gasteiger partial charge in [0.25, 0.3) is 0 Å². The Bertz CT molecular complexity index is 516. The number of nitrogens with zero attached hydrogens (tertiary/aromatic N) is 3. The molecule has 0 bridgehead atoms. The smallest absolute Gasteiger partial charge is 0.228 e. The van der Waals surface area contributed by atoms with Crippen LogP contribution in [-0.4, -0.2) is 27.7 Å². The fraction of sp³-hybridized carbons (Fsp3) is 0.643. The van der Waals surface area contributed by atoms with E-state index >= 15 is 0 Å². The minimum absolute atomic E-state index is 0.143. The van der Waals surface area contributed by atoms with Crippen molar-refractivity contribution >= 4 is 11.3 Å². The van der Waals surface area contributed by atoms with Crippen molar-refractivity contribution in [2.45, 2.75) is 46.6 Å². The van der Waals surface area contributed by atoms with Gasteiger partial charge in [0.1, 0.15) is 5.69 Å². The molecule has 1 atom stereocenters. The molecular weight excluding hydrogens is 272 g/mol. The van der Waals surface area contributed by atoms with Gasteiger partial charge in [-0.2, -0.15) is 4.98 Å². The Labute approximate surface area is 123 Å². The standard InChI is InChI=1S/C14H22N4OS/c1-5-6-15-11(14(2,3)4)7-12-17-13(18-19-12)10-8-20-9-16-10/h8-9,11,15H,5-7H2,1-4H3. The lowest BCUT2D eigenvalue weighted by Gasteiger charge is -2.30. The molecule has 2 aromatic heterocycles. The van der Waals surface area contributed by atoms with Crippen LogP contribution in [0.25, 0.3) is 11.5 Å². The number of hydrogen-bond donors (Lipinski definition) is 1. The van der Waals surface area contributed by atoms with Gasteiger partial charge < -0.3 is 9.84 Å². The Hall–Kier alpha value is -1.27. The molecule has 1 N–H and O–H groups in total. The van der Waals surface area contributed by atoms with Gasteiger partial charge in [-0.3, -0.25) is 0 Å². The molecule has 0 fully saturated rings. The monoisotopic (exact) mass is 294 g/mol. The molecule has 1 unspecified atom stereocenters. The summed E-state index contributed by atoms with van der Waals surface area (Å²) >= 11 is 1.53. The van der Waals surface area contributed by atoms with Crippen molar-refractivity contribution in [2.24, 2.45) is 5.41 Å². The topological polar surface area (TPSA) is 63.8 Å². The second-order valence-electron chi connectivity index (χ2n) is 5.96. The van der Waals surface area contributed by atoms with Crippen LogP contribution in [0.5, 0.6) is 0 Å². The van der Waals surface area contributed by atoms with E-state index in [2.05, 4.69) is 48.1 Å². The van der Waals surface area contributed by atoms with E-state index in [4.69, 9.17) is 4.52 Å². The van der Waals surface area contributed by atoms with Crippen molar-refractivity contribution in [3.8, 4) is 11.5 Å². The van der Waals surface area contributed by atoms with Crippen molar-refractivity contribution in [1.82, 2.24) is 20.4 Å². The second kappa shape index (κ2) is 6.45. The van der Waals surface area contributed by atoms with Gasteiger partial charge >= 0.3 is 0 Å². The molecule has 5 nitrogen and oxygen atoms in total. The Kier molecular flexibility index (Phi) is 4.88. The molecule has 0 saturated heterocycles. The van der Waals surface area contributed by atoms with Gasteiger partial charge in [-0.15, -0.1) is 11.3 Å². The maximum atomic E-state index is 5.36. The van der Waals surface area contributed by atoms with E-state index in [0.717, 1.165) is 25.1 Å². The molecule has 2 aromatic rings. The van der Waals surface area contributed by atoms with Crippen LogP contribution in [0.3, 0.4) is 0 Å². The van der Waals surface area contributed by atoms with E-state index in [1.54, 1.807) is 5.51 Å². The van der Waals surface area contributed by atoms with E-state index in [-0.39, 0.29) is 5.41 Å². The third-order valence-corrected chi connectivity index (χ3v) is 3.78. The van der Waals surface area contributed by atoms with Gasteiger partial charge in [0.15, 0.2) is 0 Å². The van der Waals surface area contributed by atoms with Crippen LogP contribution in [0.15, 0.2) is 15.4 Å². The van der Waals surface area contributed by atoms with Crippen molar-refractivity contribution in [3.05, 3.63) is 16.8 Å². The van der Waals surface area contributed by atoms with Crippen LogP contribution in [0.4, 0.5) is 0 Å². The highest BCUT2D eigenvalue weighted by Gasteiger charge is 2.26. The number of hydrogen-bond acceptors (Lipinski definition) is 6. The Balaban J connectivity index is 2.07. The maximum Gasteiger partial charge on any atom is 0.228 e. The normalized spacial score (nSPS) is 13.6. The largest absolute Gasteiger partial charge is 0.339 e. The van der Waals surface area contributed by atoms with Crippen molar-refractivity contribution < 1.29 is 4.52 Å². The first-order valence-corrected chi connectivity index (χ1v) is 7.89. The number of nitrogens with one attached hydrogen (secondary N) is 1. The van der Waals surface area contributed by atoms with Gasteiger partial charge in [0.2, 0.25) is 11.7 Å². The molecule has 0 aliphatic rings. The molecule has 0 saturated carbocycles. The fourth-order valence-corrected chi connectivity index (χ4v) is 2.47. The average Bonchev–Trinajstić information content (AvgIpc) is 3.03.